The number of nitrogens with one attached hydrogen (secondary N) is 1. The summed E-state index contributed by atoms with van der Waals surface area (Å²) in [5, 5.41) is 8.46. The van der Waals surface area contributed by atoms with E-state index in [-0.39, 0.29) is 4.90 Å². The van der Waals surface area contributed by atoms with Crippen molar-refractivity contribution in [3.05, 3.63) is 59.7 Å². The van der Waals surface area contributed by atoms with Gasteiger partial charge in [0.15, 0.2) is 0 Å². The molecule has 0 fully saturated rings. The van der Waals surface area contributed by atoms with Gasteiger partial charge in [0.2, 0.25) is 10.0 Å². The molecule has 0 saturated heterocycles. The fourth-order valence-electron chi connectivity index (χ4n) is 2.28. The van der Waals surface area contributed by atoms with Gasteiger partial charge in [0, 0.05) is 6.54 Å². The second-order valence-corrected chi connectivity index (χ2v) is 7.17. The molecule has 0 aliphatic heterocycles. The number of ether oxygens (including phenoxy) is 1. The summed E-state index contributed by atoms with van der Waals surface area (Å²) in [6, 6.07) is 14.7. The molecule has 0 radical (unpaired) electrons. The summed E-state index contributed by atoms with van der Waals surface area (Å²) in [7, 11) is -3.62. The van der Waals surface area contributed by atoms with Gasteiger partial charge in [-0.1, -0.05) is 31.2 Å². The molecule has 0 saturated carbocycles. The Kier molecular flexibility index (Phi) is 6.78. The zero-order valence-electron chi connectivity index (χ0n) is 13.9. The van der Waals surface area contributed by atoms with E-state index in [1.54, 1.807) is 24.3 Å². The van der Waals surface area contributed by atoms with Gasteiger partial charge >= 0.3 is 0 Å². The van der Waals surface area contributed by atoms with E-state index in [1.807, 2.05) is 18.2 Å². The Bertz CT molecular complexity index is 743. The molecule has 0 aliphatic rings. The highest BCUT2D eigenvalue weighted by Crippen LogP contribution is 2.13. The van der Waals surface area contributed by atoms with Crippen LogP contribution in [-0.2, 0) is 23.0 Å². The van der Waals surface area contributed by atoms with Crippen LogP contribution < -0.4 is 15.2 Å². The van der Waals surface area contributed by atoms with Crippen LogP contribution in [0.4, 0.5) is 0 Å². The standard InChI is InChI=1S/C18H24N2O3S/c1-2-12-23-17-5-3-4-16(13-17)14-20-11-10-15-6-8-18(9-7-15)24(19,21)22/h3-9,13,20H,2,10-12,14H2,1H3,(H2,19,21,22). The van der Waals surface area contributed by atoms with E-state index in [0.29, 0.717) is 0 Å². The third kappa shape index (κ3) is 5.96. The molecule has 5 nitrogen and oxygen atoms in total. The zero-order valence-corrected chi connectivity index (χ0v) is 14.7. The minimum Gasteiger partial charge on any atom is -0.494 e. The molecule has 0 heterocycles. The molecule has 0 spiro atoms. The van der Waals surface area contributed by atoms with E-state index < -0.39 is 10.0 Å². The van der Waals surface area contributed by atoms with Gasteiger partial charge in [0.25, 0.3) is 0 Å². The lowest BCUT2D eigenvalue weighted by Crippen LogP contribution is -2.17. The van der Waals surface area contributed by atoms with Crippen molar-refractivity contribution < 1.29 is 13.2 Å². The van der Waals surface area contributed by atoms with Crippen LogP contribution in [0.1, 0.15) is 24.5 Å². The average Bonchev–Trinajstić information content (AvgIpc) is 2.57. The molecule has 0 aromatic heterocycles. The summed E-state index contributed by atoms with van der Waals surface area (Å²) < 4.78 is 28.0. The predicted octanol–water partition coefficient (Wildman–Crippen LogP) is 2.46. The third-order valence-corrected chi connectivity index (χ3v) is 4.47. The lowest BCUT2D eigenvalue weighted by molar-refractivity contribution is 0.317. The Labute approximate surface area is 143 Å². The van der Waals surface area contributed by atoms with Crippen LogP contribution in [0, 0.1) is 0 Å². The molecule has 0 aliphatic carbocycles. The van der Waals surface area contributed by atoms with Crippen molar-refractivity contribution >= 4 is 10.0 Å². The number of rotatable bonds is 9. The zero-order chi connectivity index (χ0) is 17.4. The first-order valence-electron chi connectivity index (χ1n) is 8.03. The Morgan fingerprint density at radius 3 is 2.50 bits per heavy atom. The topological polar surface area (TPSA) is 81.4 Å². The fourth-order valence-corrected chi connectivity index (χ4v) is 2.79. The predicted molar refractivity (Wildman–Crippen MR) is 95.5 cm³/mol. The molecule has 2 aromatic carbocycles. The van der Waals surface area contributed by atoms with Gasteiger partial charge < -0.3 is 10.1 Å². The molecule has 0 atom stereocenters. The van der Waals surface area contributed by atoms with Crippen molar-refractivity contribution in [3.63, 3.8) is 0 Å². The number of hydrogen-bond donors (Lipinski definition) is 2. The summed E-state index contributed by atoms with van der Waals surface area (Å²) in [4.78, 5) is 0.142. The van der Waals surface area contributed by atoms with Crippen LogP contribution in [0.5, 0.6) is 5.75 Å². The Morgan fingerprint density at radius 2 is 1.83 bits per heavy atom. The van der Waals surface area contributed by atoms with Crippen LogP contribution in [0.15, 0.2) is 53.4 Å². The Morgan fingerprint density at radius 1 is 1.08 bits per heavy atom. The van der Waals surface area contributed by atoms with Crippen molar-refractivity contribution in [2.45, 2.75) is 31.2 Å². The number of primary sulfonamides is 1. The van der Waals surface area contributed by atoms with E-state index in [9.17, 15) is 8.42 Å². The maximum atomic E-state index is 11.2. The van der Waals surface area contributed by atoms with Gasteiger partial charge in [0.1, 0.15) is 5.75 Å². The average molecular weight is 348 g/mol. The molecular weight excluding hydrogens is 324 g/mol. The third-order valence-electron chi connectivity index (χ3n) is 3.54. The summed E-state index contributed by atoms with van der Waals surface area (Å²) in [6.07, 6.45) is 1.81. The lowest BCUT2D eigenvalue weighted by atomic mass is 10.1. The summed E-state index contributed by atoms with van der Waals surface area (Å²) in [5.74, 6) is 0.898. The molecule has 0 bridgehead atoms. The van der Waals surface area contributed by atoms with Crippen molar-refractivity contribution in [1.29, 1.82) is 0 Å². The first-order valence-corrected chi connectivity index (χ1v) is 9.58. The monoisotopic (exact) mass is 348 g/mol. The quantitative estimate of drug-likeness (QED) is 0.682. The van der Waals surface area contributed by atoms with E-state index in [1.165, 1.54) is 5.56 Å². The van der Waals surface area contributed by atoms with Gasteiger partial charge in [0.05, 0.1) is 11.5 Å². The van der Waals surface area contributed by atoms with E-state index >= 15 is 0 Å². The molecule has 6 heteroatoms. The molecule has 3 N–H and O–H groups in total. The first kappa shape index (κ1) is 18.4. The number of sulfonamides is 1. The second kappa shape index (κ2) is 8.82. The minimum atomic E-state index is -3.62. The molecule has 24 heavy (non-hydrogen) atoms. The van der Waals surface area contributed by atoms with Gasteiger partial charge in [-0.05, 0) is 54.8 Å². The van der Waals surface area contributed by atoms with Crippen molar-refractivity contribution in [2.24, 2.45) is 5.14 Å². The number of hydrogen-bond acceptors (Lipinski definition) is 4. The van der Waals surface area contributed by atoms with Crippen LogP contribution in [0.25, 0.3) is 0 Å². The number of benzene rings is 2. The smallest absolute Gasteiger partial charge is 0.238 e. The van der Waals surface area contributed by atoms with Crippen molar-refractivity contribution in [3.8, 4) is 5.75 Å². The second-order valence-electron chi connectivity index (χ2n) is 5.61. The molecule has 0 unspecified atom stereocenters. The maximum absolute atomic E-state index is 11.2. The molecule has 2 rings (SSSR count). The molecule has 0 amide bonds. The van der Waals surface area contributed by atoms with Gasteiger partial charge in [-0.2, -0.15) is 0 Å². The molecule has 2 aromatic rings. The van der Waals surface area contributed by atoms with Crippen LogP contribution in [0.3, 0.4) is 0 Å². The summed E-state index contributed by atoms with van der Waals surface area (Å²) >= 11 is 0. The fraction of sp³-hybridized carbons (Fsp3) is 0.333. The largest absolute Gasteiger partial charge is 0.494 e. The van der Waals surface area contributed by atoms with E-state index in [4.69, 9.17) is 9.88 Å². The normalized spacial score (nSPS) is 11.4. The van der Waals surface area contributed by atoms with E-state index in [2.05, 4.69) is 18.3 Å². The SMILES string of the molecule is CCCOc1cccc(CNCCc2ccc(S(N)(=O)=O)cc2)c1. The Hall–Kier alpha value is -1.89. The van der Waals surface area contributed by atoms with Gasteiger partial charge in [-0.25, -0.2) is 13.6 Å². The highest BCUT2D eigenvalue weighted by molar-refractivity contribution is 7.89. The Balaban J connectivity index is 1.78. The first-order chi connectivity index (χ1) is 11.5. The molecule has 130 valence electrons. The number of nitrogens with two attached hydrogens (primary N) is 1. The molecular formula is C18H24N2O3S. The maximum Gasteiger partial charge on any atom is 0.238 e. The van der Waals surface area contributed by atoms with Crippen molar-refractivity contribution in [2.75, 3.05) is 13.2 Å². The van der Waals surface area contributed by atoms with Crippen LogP contribution in [-0.4, -0.2) is 21.6 Å². The van der Waals surface area contributed by atoms with Crippen molar-refractivity contribution in [1.82, 2.24) is 5.32 Å². The van der Waals surface area contributed by atoms with Gasteiger partial charge in [-0.3, -0.25) is 0 Å². The highest BCUT2D eigenvalue weighted by Gasteiger charge is 2.06. The van der Waals surface area contributed by atoms with E-state index in [0.717, 1.165) is 43.9 Å². The highest BCUT2D eigenvalue weighted by atomic mass is 32.2. The summed E-state index contributed by atoms with van der Waals surface area (Å²) in [5.41, 5.74) is 2.24. The minimum absolute atomic E-state index is 0.142. The van der Waals surface area contributed by atoms with Crippen LogP contribution >= 0.6 is 0 Å². The lowest BCUT2D eigenvalue weighted by Gasteiger charge is -2.08. The van der Waals surface area contributed by atoms with Gasteiger partial charge in [-0.15, -0.1) is 0 Å². The van der Waals surface area contributed by atoms with Crippen LogP contribution in [0.2, 0.25) is 0 Å². The summed E-state index contributed by atoms with van der Waals surface area (Å²) in [6.45, 7) is 4.37.